The highest BCUT2D eigenvalue weighted by Gasteiger charge is 2.15. The van der Waals surface area contributed by atoms with E-state index in [1.54, 1.807) is 0 Å². The van der Waals surface area contributed by atoms with E-state index in [4.69, 9.17) is 0 Å². The number of carbonyl (C=O) groups excluding carboxylic acids is 2. The highest BCUT2D eigenvalue weighted by molar-refractivity contribution is 5.95. The molecular formula is C22H26F2N4O2. The summed E-state index contributed by atoms with van der Waals surface area (Å²) in [4.78, 5) is 28.8. The second kappa shape index (κ2) is 10.3. The molecule has 30 heavy (non-hydrogen) atoms. The van der Waals surface area contributed by atoms with Crippen molar-refractivity contribution in [3.63, 3.8) is 0 Å². The summed E-state index contributed by atoms with van der Waals surface area (Å²) in [6, 6.07) is 10.4. The lowest BCUT2D eigenvalue weighted by atomic mass is 10.1. The van der Waals surface area contributed by atoms with Crippen molar-refractivity contribution in [2.75, 3.05) is 45.1 Å². The van der Waals surface area contributed by atoms with Crippen LogP contribution in [-0.4, -0.2) is 61.4 Å². The molecule has 3 rings (SSSR count). The average molecular weight is 416 g/mol. The molecule has 1 aliphatic rings. The van der Waals surface area contributed by atoms with Crippen molar-refractivity contribution in [2.45, 2.75) is 13.0 Å². The molecule has 1 fully saturated rings. The van der Waals surface area contributed by atoms with Gasteiger partial charge in [0.2, 0.25) is 5.91 Å². The first-order valence-corrected chi connectivity index (χ1v) is 9.93. The maximum Gasteiger partial charge on any atom is 0.254 e. The van der Waals surface area contributed by atoms with Gasteiger partial charge in [-0.1, -0.05) is 12.1 Å². The number of hydrogen-bond donors (Lipinski definition) is 2. The molecule has 8 heteroatoms. The van der Waals surface area contributed by atoms with Crippen LogP contribution in [0.1, 0.15) is 22.3 Å². The molecule has 0 spiro atoms. The van der Waals surface area contributed by atoms with Crippen LogP contribution in [0.25, 0.3) is 0 Å². The lowest BCUT2D eigenvalue weighted by molar-refractivity contribution is -0.116. The smallest absolute Gasteiger partial charge is 0.254 e. The van der Waals surface area contributed by atoms with Gasteiger partial charge in [-0.2, -0.15) is 0 Å². The van der Waals surface area contributed by atoms with Gasteiger partial charge in [-0.05, 0) is 36.9 Å². The van der Waals surface area contributed by atoms with Crippen LogP contribution in [0.15, 0.2) is 42.5 Å². The summed E-state index contributed by atoms with van der Waals surface area (Å²) < 4.78 is 26.5. The number of likely N-dealkylation sites (N-methyl/N-ethyl adjacent to an activating group) is 1. The summed E-state index contributed by atoms with van der Waals surface area (Å²) in [5.74, 6) is -2.63. The molecule has 0 aliphatic carbocycles. The molecule has 1 aliphatic heterocycles. The van der Waals surface area contributed by atoms with E-state index in [-0.39, 0.29) is 24.4 Å². The summed E-state index contributed by atoms with van der Waals surface area (Å²) in [6.07, 6.45) is 0.0389. The van der Waals surface area contributed by atoms with Gasteiger partial charge in [-0.25, -0.2) is 8.78 Å². The van der Waals surface area contributed by atoms with Crippen LogP contribution in [0, 0.1) is 11.6 Å². The zero-order chi connectivity index (χ0) is 21.5. The largest absolute Gasteiger partial charge is 0.351 e. The van der Waals surface area contributed by atoms with Crippen LogP contribution in [0.4, 0.5) is 14.5 Å². The minimum absolute atomic E-state index is 0.0389. The van der Waals surface area contributed by atoms with Crippen molar-refractivity contribution in [3.05, 3.63) is 65.2 Å². The average Bonchev–Trinajstić information content (AvgIpc) is 2.70. The van der Waals surface area contributed by atoms with Crippen molar-refractivity contribution in [1.82, 2.24) is 15.1 Å². The molecule has 0 radical (unpaired) electrons. The van der Waals surface area contributed by atoms with E-state index in [2.05, 4.69) is 27.5 Å². The second-order valence-electron chi connectivity index (χ2n) is 7.46. The first-order chi connectivity index (χ1) is 14.4. The number of anilines is 1. The van der Waals surface area contributed by atoms with E-state index < -0.39 is 17.5 Å². The third-order valence-corrected chi connectivity index (χ3v) is 5.03. The number of nitrogens with zero attached hydrogens (tertiary/aromatic N) is 2. The lowest BCUT2D eigenvalue weighted by Gasteiger charge is -2.32. The molecule has 0 saturated carbocycles. The van der Waals surface area contributed by atoms with Gasteiger partial charge in [0.1, 0.15) is 11.6 Å². The number of amides is 2. The predicted molar refractivity (Wildman–Crippen MR) is 111 cm³/mol. The fourth-order valence-corrected chi connectivity index (χ4v) is 3.29. The molecule has 2 N–H and O–H groups in total. The summed E-state index contributed by atoms with van der Waals surface area (Å²) >= 11 is 0. The number of carbonyl (C=O) groups is 2. The van der Waals surface area contributed by atoms with E-state index in [9.17, 15) is 18.4 Å². The Kier molecular flexibility index (Phi) is 7.48. The molecule has 1 saturated heterocycles. The molecule has 1 heterocycles. The van der Waals surface area contributed by atoms with E-state index in [1.807, 2.05) is 24.3 Å². The van der Waals surface area contributed by atoms with Crippen molar-refractivity contribution in [1.29, 1.82) is 0 Å². The van der Waals surface area contributed by atoms with E-state index >= 15 is 0 Å². The van der Waals surface area contributed by atoms with E-state index in [0.29, 0.717) is 11.8 Å². The SMILES string of the molecule is CN1CCN(Cc2cccc(NC(=O)CCNC(=O)c3ccc(F)cc3F)c2)CC1. The number of hydrogen-bond acceptors (Lipinski definition) is 4. The zero-order valence-electron chi connectivity index (χ0n) is 17.0. The van der Waals surface area contributed by atoms with Gasteiger partial charge < -0.3 is 15.5 Å². The Bertz CT molecular complexity index is 898. The molecule has 2 aromatic carbocycles. The van der Waals surface area contributed by atoms with Gasteiger partial charge in [0, 0.05) is 57.4 Å². The summed E-state index contributed by atoms with van der Waals surface area (Å²) in [7, 11) is 2.12. The number of halogens is 2. The molecular weight excluding hydrogens is 390 g/mol. The quantitative estimate of drug-likeness (QED) is 0.728. The Morgan fingerprint density at radius 2 is 1.80 bits per heavy atom. The Morgan fingerprint density at radius 3 is 2.53 bits per heavy atom. The fraction of sp³-hybridized carbons (Fsp3) is 0.364. The van der Waals surface area contributed by atoms with Crippen LogP contribution in [0.3, 0.4) is 0 Å². The summed E-state index contributed by atoms with van der Waals surface area (Å²) in [5.41, 5.74) is 1.56. The molecule has 0 bridgehead atoms. The van der Waals surface area contributed by atoms with Gasteiger partial charge in [0.05, 0.1) is 5.56 Å². The normalized spacial score (nSPS) is 15.0. The van der Waals surface area contributed by atoms with Gasteiger partial charge in [0.15, 0.2) is 0 Å². The maximum atomic E-state index is 13.6. The Balaban J connectivity index is 1.45. The maximum absolute atomic E-state index is 13.6. The summed E-state index contributed by atoms with van der Waals surface area (Å²) in [6.45, 7) is 5.00. The molecule has 0 aromatic heterocycles. The van der Waals surface area contributed by atoms with Gasteiger partial charge >= 0.3 is 0 Å². The van der Waals surface area contributed by atoms with Crippen molar-refractivity contribution < 1.29 is 18.4 Å². The highest BCUT2D eigenvalue weighted by Crippen LogP contribution is 2.14. The zero-order valence-corrected chi connectivity index (χ0v) is 17.0. The predicted octanol–water partition coefficient (Wildman–Crippen LogP) is 2.47. The lowest BCUT2D eigenvalue weighted by Crippen LogP contribution is -2.43. The first kappa shape index (κ1) is 21.9. The van der Waals surface area contributed by atoms with Crippen molar-refractivity contribution in [3.8, 4) is 0 Å². The molecule has 6 nitrogen and oxygen atoms in total. The minimum atomic E-state index is -0.936. The number of nitrogens with one attached hydrogen (secondary N) is 2. The molecule has 0 atom stereocenters. The van der Waals surface area contributed by atoms with Crippen molar-refractivity contribution >= 4 is 17.5 Å². The molecule has 160 valence electrons. The van der Waals surface area contributed by atoms with Crippen LogP contribution < -0.4 is 10.6 Å². The number of benzene rings is 2. The second-order valence-corrected chi connectivity index (χ2v) is 7.46. The number of rotatable bonds is 7. The Hall–Kier alpha value is -2.84. The third kappa shape index (κ3) is 6.33. The first-order valence-electron chi connectivity index (χ1n) is 9.93. The molecule has 2 aromatic rings. The van der Waals surface area contributed by atoms with Gasteiger partial charge in [-0.3, -0.25) is 14.5 Å². The number of piperazine rings is 1. The molecule has 0 unspecified atom stereocenters. The van der Waals surface area contributed by atoms with Crippen LogP contribution >= 0.6 is 0 Å². The topological polar surface area (TPSA) is 64.7 Å². The van der Waals surface area contributed by atoms with Gasteiger partial charge in [0.25, 0.3) is 5.91 Å². The van der Waals surface area contributed by atoms with Crippen LogP contribution in [0.5, 0.6) is 0 Å². The Morgan fingerprint density at radius 1 is 1.03 bits per heavy atom. The third-order valence-electron chi connectivity index (χ3n) is 5.03. The molecule has 2 amide bonds. The standard InChI is InChI=1S/C22H26F2N4O2/c1-27-9-11-28(12-10-27)15-16-3-2-4-18(13-16)26-21(29)7-8-25-22(30)19-6-5-17(23)14-20(19)24/h2-6,13-14H,7-12,15H2,1H3,(H,25,30)(H,26,29). The van der Waals surface area contributed by atoms with E-state index in [1.165, 1.54) is 0 Å². The minimum Gasteiger partial charge on any atom is -0.351 e. The van der Waals surface area contributed by atoms with Crippen LogP contribution in [-0.2, 0) is 11.3 Å². The van der Waals surface area contributed by atoms with Crippen LogP contribution in [0.2, 0.25) is 0 Å². The summed E-state index contributed by atoms with van der Waals surface area (Å²) in [5, 5.41) is 5.29. The van der Waals surface area contributed by atoms with E-state index in [0.717, 1.165) is 50.4 Å². The highest BCUT2D eigenvalue weighted by atomic mass is 19.1. The fourth-order valence-electron chi connectivity index (χ4n) is 3.29. The van der Waals surface area contributed by atoms with Crippen molar-refractivity contribution in [2.24, 2.45) is 0 Å². The Labute approximate surface area is 174 Å². The monoisotopic (exact) mass is 416 g/mol. The van der Waals surface area contributed by atoms with Gasteiger partial charge in [-0.15, -0.1) is 0 Å².